The first-order valence-electron chi connectivity index (χ1n) is 11.3. The molecule has 3 rings (SSSR count). The average Bonchev–Trinajstić information content (AvgIpc) is 3.17. The monoisotopic (exact) mass is 456 g/mol. The summed E-state index contributed by atoms with van der Waals surface area (Å²) in [5.41, 5.74) is 0.590. The number of hydrogen-bond acceptors (Lipinski definition) is 8. The Labute approximate surface area is 194 Å². The van der Waals surface area contributed by atoms with Crippen molar-refractivity contribution in [3.8, 4) is 0 Å². The van der Waals surface area contributed by atoms with Crippen LogP contribution in [0.15, 0.2) is 40.6 Å². The number of hydrogen-bond donors (Lipinski definition) is 0. The van der Waals surface area contributed by atoms with Gasteiger partial charge in [-0.1, -0.05) is 18.2 Å². The zero-order chi connectivity index (χ0) is 24.0. The van der Waals surface area contributed by atoms with Crippen LogP contribution in [0.3, 0.4) is 0 Å². The van der Waals surface area contributed by atoms with Gasteiger partial charge in [-0.25, -0.2) is 9.59 Å². The molecule has 0 saturated heterocycles. The first kappa shape index (κ1) is 24.6. The largest absolute Gasteiger partial charge is 0.461 e. The van der Waals surface area contributed by atoms with Crippen LogP contribution >= 0.6 is 0 Å². The normalized spacial score (nSPS) is 18.9. The zero-order valence-corrected chi connectivity index (χ0v) is 19.9. The summed E-state index contributed by atoms with van der Waals surface area (Å²) in [6, 6.07) is 9.17. The molecule has 0 atom stereocenters. The number of carbonyl (C=O) groups is 2. The van der Waals surface area contributed by atoms with Gasteiger partial charge in [-0.2, -0.15) is 14.9 Å². The molecular formula is C24H32N4O5. The van der Waals surface area contributed by atoms with E-state index in [4.69, 9.17) is 14.2 Å². The van der Waals surface area contributed by atoms with Gasteiger partial charge in [-0.15, -0.1) is 5.11 Å². The third kappa shape index (κ3) is 6.25. The second-order valence-corrected chi connectivity index (χ2v) is 8.94. The van der Waals surface area contributed by atoms with Crippen LogP contribution in [-0.2, 0) is 14.2 Å². The van der Waals surface area contributed by atoms with Crippen molar-refractivity contribution in [1.29, 1.82) is 0 Å². The number of azo groups is 1. The van der Waals surface area contributed by atoms with Crippen LogP contribution in [0.25, 0.3) is 0 Å². The number of carbonyl (C=O) groups excluding carboxylic acids is 2. The van der Waals surface area contributed by atoms with E-state index in [2.05, 4.69) is 15.3 Å². The molecule has 0 aliphatic heterocycles. The smallest absolute Gasteiger partial charge is 0.435 e. The Balaban J connectivity index is 2.12. The predicted molar refractivity (Wildman–Crippen MR) is 122 cm³/mol. The number of esters is 1. The highest BCUT2D eigenvalue weighted by atomic mass is 16.6. The van der Waals surface area contributed by atoms with Crippen molar-refractivity contribution in [2.45, 2.75) is 71.0 Å². The molecule has 33 heavy (non-hydrogen) atoms. The number of benzene rings is 1. The van der Waals surface area contributed by atoms with E-state index in [0.717, 1.165) is 30.4 Å². The van der Waals surface area contributed by atoms with Crippen molar-refractivity contribution >= 4 is 23.4 Å². The molecular weight excluding hydrogens is 424 g/mol. The lowest BCUT2D eigenvalue weighted by Crippen LogP contribution is -2.30. The summed E-state index contributed by atoms with van der Waals surface area (Å²) in [6.45, 7) is 7.21. The SMILES string of the molecule is CCOC(=O)c1nn(C(=O)OC(C)(C)C)c(C2CCC(OC)CC2)c1/N=N/c1ccccc1. The van der Waals surface area contributed by atoms with Gasteiger partial charge in [0, 0.05) is 13.0 Å². The molecule has 178 valence electrons. The zero-order valence-electron chi connectivity index (χ0n) is 19.9. The van der Waals surface area contributed by atoms with Crippen LogP contribution in [0.2, 0.25) is 0 Å². The fraction of sp³-hybridized carbons (Fsp3) is 0.542. The molecule has 0 radical (unpaired) electrons. The molecule has 1 heterocycles. The van der Waals surface area contributed by atoms with Crippen LogP contribution in [-0.4, -0.2) is 47.3 Å². The molecule has 1 aliphatic rings. The lowest BCUT2D eigenvalue weighted by Gasteiger charge is -2.28. The maximum absolute atomic E-state index is 13.1. The summed E-state index contributed by atoms with van der Waals surface area (Å²) in [5.74, 6) is -0.724. The van der Waals surface area contributed by atoms with E-state index in [1.54, 1.807) is 46.9 Å². The van der Waals surface area contributed by atoms with E-state index in [1.807, 2.05) is 18.2 Å². The van der Waals surface area contributed by atoms with E-state index in [0.29, 0.717) is 11.4 Å². The molecule has 0 spiro atoms. The number of nitrogens with zero attached hydrogens (tertiary/aromatic N) is 4. The van der Waals surface area contributed by atoms with E-state index >= 15 is 0 Å². The maximum atomic E-state index is 13.1. The van der Waals surface area contributed by atoms with E-state index in [1.165, 1.54) is 0 Å². The minimum absolute atomic E-state index is 0.0498. The minimum Gasteiger partial charge on any atom is -0.461 e. The highest BCUT2D eigenvalue weighted by Gasteiger charge is 2.35. The van der Waals surface area contributed by atoms with Crippen LogP contribution < -0.4 is 0 Å². The van der Waals surface area contributed by atoms with Gasteiger partial charge in [-0.05, 0) is 65.5 Å². The summed E-state index contributed by atoms with van der Waals surface area (Å²) in [7, 11) is 1.70. The predicted octanol–water partition coefficient (Wildman–Crippen LogP) is 5.93. The van der Waals surface area contributed by atoms with Gasteiger partial charge in [0.15, 0.2) is 5.69 Å². The molecule has 9 heteroatoms. The van der Waals surface area contributed by atoms with Crippen LogP contribution in [0.4, 0.5) is 16.2 Å². The van der Waals surface area contributed by atoms with Crippen molar-refractivity contribution < 1.29 is 23.8 Å². The fourth-order valence-corrected chi connectivity index (χ4v) is 3.84. The van der Waals surface area contributed by atoms with Crippen LogP contribution in [0, 0.1) is 0 Å². The summed E-state index contributed by atoms with van der Waals surface area (Å²) in [6.07, 6.45) is 2.65. The van der Waals surface area contributed by atoms with Gasteiger partial charge in [0.2, 0.25) is 0 Å². The Kier molecular flexibility index (Phi) is 7.97. The molecule has 1 aromatic carbocycles. The number of rotatable bonds is 6. The molecule has 9 nitrogen and oxygen atoms in total. The molecule has 0 N–H and O–H groups in total. The average molecular weight is 457 g/mol. The molecule has 0 amide bonds. The molecule has 1 aliphatic carbocycles. The van der Waals surface area contributed by atoms with Crippen molar-refractivity contribution in [2.75, 3.05) is 13.7 Å². The minimum atomic E-state index is -0.732. The van der Waals surface area contributed by atoms with Gasteiger partial charge in [0.1, 0.15) is 11.3 Å². The Morgan fingerprint density at radius 2 is 1.76 bits per heavy atom. The Hall–Kier alpha value is -3.07. The van der Waals surface area contributed by atoms with Crippen LogP contribution in [0.1, 0.15) is 75.5 Å². The summed E-state index contributed by atoms with van der Waals surface area (Å²) >= 11 is 0. The molecule has 1 aromatic heterocycles. The third-order valence-corrected chi connectivity index (χ3v) is 5.35. The second-order valence-electron chi connectivity index (χ2n) is 8.94. The summed E-state index contributed by atoms with van der Waals surface area (Å²) < 4.78 is 17.4. The van der Waals surface area contributed by atoms with Crippen molar-refractivity contribution in [2.24, 2.45) is 10.2 Å². The quantitative estimate of drug-likeness (QED) is 0.394. The molecule has 1 saturated carbocycles. The molecule has 1 fully saturated rings. The van der Waals surface area contributed by atoms with Gasteiger partial charge >= 0.3 is 12.1 Å². The number of ether oxygens (including phenoxy) is 3. The summed E-state index contributed by atoms with van der Waals surface area (Å²) in [5, 5.41) is 13.0. The summed E-state index contributed by atoms with van der Waals surface area (Å²) in [4.78, 5) is 25.9. The third-order valence-electron chi connectivity index (χ3n) is 5.35. The van der Waals surface area contributed by atoms with E-state index in [-0.39, 0.29) is 30.0 Å². The van der Waals surface area contributed by atoms with Crippen molar-refractivity contribution in [1.82, 2.24) is 9.78 Å². The Bertz CT molecular complexity index is 986. The molecule has 0 unspecified atom stereocenters. The Morgan fingerprint density at radius 1 is 1.09 bits per heavy atom. The van der Waals surface area contributed by atoms with Gasteiger partial charge in [0.25, 0.3) is 0 Å². The lowest BCUT2D eigenvalue weighted by molar-refractivity contribution is 0.0486. The second kappa shape index (κ2) is 10.7. The number of aromatic nitrogens is 2. The van der Waals surface area contributed by atoms with Gasteiger partial charge in [0.05, 0.1) is 24.1 Å². The molecule has 2 aromatic rings. The van der Waals surface area contributed by atoms with E-state index in [9.17, 15) is 9.59 Å². The Morgan fingerprint density at radius 3 is 2.33 bits per heavy atom. The van der Waals surface area contributed by atoms with Gasteiger partial charge in [-0.3, -0.25) is 0 Å². The standard InChI is InChI=1S/C24H32N4O5/c1-6-32-22(29)20-19(26-25-17-10-8-7-9-11-17)21(16-12-14-18(31-5)15-13-16)28(27-20)23(30)33-24(2,3)4/h7-11,16,18H,6,12-15H2,1-5H3/b26-25+. The number of methoxy groups -OCH3 is 1. The highest BCUT2D eigenvalue weighted by molar-refractivity contribution is 5.94. The lowest BCUT2D eigenvalue weighted by atomic mass is 9.84. The van der Waals surface area contributed by atoms with E-state index < -0.39 is 17.7 Å². The first-order chi connectivity index (χ1) is 15.7. The van der Waals surface area contributed by atoms with Gasteiger partial charge < -0.3 is 14.2 Å². The van der Waals surface area contributed by atoms with Crippen LogP contribution in [0.5, 0.6) is 0 Å². The fourth-order valence-electron chi connectivity index (χ4n) is 3.84. The van der Waals surface area contributed by atoms with Crippen molar-refractivity contribution in [3.63, 3.8) is 0 Å². The van der Waals surface area contributed by atoms with Crippen molar-refractivity contribution in [3.05, 3.63) is 41.7 Å². The maximum Gasteiger partial charge on any atom is 0.435 e. The molecule has 0 bridgehead atoms. The first-order valence-corrected chi connectivity index (χ1v) is 11.3. The highest BCUT2D eigenvalue weighted by Crippen LogP contribution is 2.41. The topological polar surface area (TPSA) is 104 Å².